The third-order valence-electron chi connectivity index (χ3n) is 5.13. The number of anilines is 2. The highest BCUT2D eigenvalue weighted by molar-refractivity contribution is 7.13. The molecular formula is C22H23ClN4OS. The standard InChI is InChI=1S/C22H23ClN4OS/c1-15-11-19(26-22-24-8-10-29-22)13-20(25-15)17-7-9-27(14-17)21(28)6-5-16-3-2-4-18(23)12-16/h2-4,8,10-13,17H,5-7,9,14H2,1H3,(H,24,25,26)/t17-/m1/s1. The molecular weight excluding hydrogens is 404 g/mol. The fourth-order valence-corrected chi connectivity index (χ4v) is 4.48. The van der Waals surface area contributed by atoms with Gasteiger partial charge in [-0.25, -0.2) is 4.98 Å². The summed E-state index contributed by atoms with van der Waals surface area (Å²) in [6.45, 7) is 3.50. The van der Waals surface area contributed by atoms with Gasteiger partial charge in [-0.1, -0.05) is 23.7 Å². The molecule has 1 atom stereocenters. The Labute approximate surface area is 179 Å². The summed E-state index contributed by atoms with van der Waals surface area (Å²) in [5, 5.41) is 6.87. The van der Waals surface area contributed by atoms with Gasteiger partial charge in [-0.05, 0) is 49.6 Å². The van der Waals surface area contributed by atoms with E-state index < -0.39 is 0 Å². The Morgan fingerprint density at radius 2 is 2.24 bits per heavy atom. The van der Waals surface area contributed by atoms with Gasteiger partial charge in [0, 0.05) is 59.1 Å². The lowest BCUT2D eigenvalue weighted by Crippen LogP contribution is -2.28. The van der Waals surface area contributed by atoms with Crippen molar-refractivity contribution in [1.82, 2.24) is 14.9 Å². The van der Waals surface area contributed by atoms with Gasteiger partial charge in [-0.2, -0.15) is 0 Å². The van der Waals surface area contributed by atoms with Crippen LogP contribution in [-0.4, -0.2) is 33.9 Å². The van der Waals surface area contributed by atoms with Gasteiger partial charge in [-0.3, -0.25) is 9.78 Å². The topological polar surface area (TPSA) is 58.1 Å². The number of pyridine rings is 1. The molecule has 4 rings (SSSR count). The van der Waals surface area contributed by atoms with Crippen LogP contribution in [0.2, 0.25) is 5.02 Å². The lowest BCUT2D eigenvalue weighted by atomic mass is 10.0. The van der Waals surface area contributed by atoms with Crippen molar-refractivity contribution in [3.05, 3.63) is 69.9 Å². The van der Waals surface area contributed by atoms with E-state index >= 15 is 0 Å². The minimum absolute atomic E-state index is 0.196. The minimum Gasteiger partial charge on any atom is -0.342 e. The van der Waals surface area contributed by atoms with Crippen LogP contribution >= 0.6 is 22.9 Å². The van der Waals surface area contributed by atoms with Gasteiger partial charge in [0.05, 0.1) is 0 Å². The minimum atomic E-state index is 0.196. The molecule has 1 saturated heterocycles. The van der Waals surface area contributed by atoms with E-state index in [0.29, 0.717) is 17.9 Å². The van der Waals surface area contributed by atoms with Gasteiger partial charge in [0.2, 0.25) is 5.91 Å². The van der Waals surface area contributed by atoms with Crippen LogP contribution in [0.4, 0.5) is 10.8 Å². The number of benzene rings is 1. The fraction of sp³-hybridized carbons (Fsp3) is 0.318. The first kappa shape index (κ1) is 19.9. The Hall–Kier alpha value is -2.44. The van der Waals surface area contributed by atoms with Gasteiger partial charge in [0.25, 0.3) is 0 Å². The number of aromatic nitrogens is 2. The number of thiazole rings is 1. The molecule has 1 N–H and O–H groups in total. The number of aryl methyl sites for hydroxylation is 2. The maximum atomic E-state index is 12.7. The SMILES string of the molecule is Cc1cc(Nc2nccs2)cc([C@@H]2CCN(C(=O)CCc3cccc(Cl)c3)C2)n1. The summed E-state index contributed by atoms with van der Waals surface area (Å²) in [5.74, 6) is 0.461. The number of hydrogen-bond acceptors (Lipinski definition) is 5. The summed E-state index contributed by atoms with van der Waals surface area (Å²) >= 11 is 7.60. The zero-order valence-electron chi connectivity index (χ0n) is 16.3. The van der Waals surface area contributed by atoms with Crippen molar-refractivity contribution in [2.45, 2.75) is 32.1 Å². The number of hydrogen-bond donors (Lipinski definition) is 1. The number of nitrogens with one attached hydrogen (secondary N) is 1. The quantitative estimate of drug-likeness (QED) is 0.589. The molecule has 1 fully saturated rings. The summed E-state index contributed by atoms with van der Waals surface area (Å²) in [4.78, 5) is 23.7. The van der Waals surface area contributed by atoms with Crippen molar-refractivity contribution in [3.8, 4) is 0 Å². The molecule has 29 heavy (non-hydrogen) atoms. The molecule has 0 aliphatic carbocycles. The number of carbonyl (C=O) groups excluding carboxylic acids is 1. The lowest BCUT2D eigenvalue weighted by Gasteiger charge is -2.17. The van der Waals surface area contributed by atoms with Crippen molar-refractivity contribution in [1.29, 1.82) is 0 Å². The molecule has 1 aliphatic rings. The molecule has 150 valence electrons. The van der Waals surface area contributed by atoms with Crippen LogP contribution in [0.15, 0.2) is 48.0 Å². The van der Waals surface area contributed by atoms with Crippen molar-refractivity contribution in [3.63, 3.8) is 0 Å². The van der Waals surface area contributed by atoms with Crippen LogP contribution in [0.5, 0.6) is 0 Å². The molecule has 2 aromatic heterocycles. The normalized spacial score (nSPS) is 16.2. The van der Waals surface area contributed by atoms with E-state index in [2.05, 4.69) is 16.4 Å². The Balaban J connectivity index is 1.37. The fourth-order valence-electron chi connectivity index (χ4n) is 3.71. The molecule has 5 nitrogen and oxygen atoms in total. The number of halogens is 1. The number of rotatable bonds is 6. The monoisotopic (exact) mass is 426 g/mol. The summed E-state index contributed by atoms with van der Waals surface area (Å²) < 4.78 is 0. The van der Waals surface area contributed by atoms with Crippen LogP contribution in [0.1, 0.15) is 35.7 Å². The average molecular weight is 427 g/mol. The number of nitrogens with zero attached hydrogens (tertiary/aromatic N) is 3. The van der Waals surface area contributed by atoms with Crippen LogP contribution in [0.25, 0.3) is 0 Å². The maximum Gasteiger partial charge on any atom is 0.222 e. The van der Waals surface area contributed by atoms with E-state index in [1.165, 1.54) is 0 Å². The molecule has 0 spiro atoms. The highest BCUT2D eigenvalue weighted by atomic mass is 35.5. The average Bonchev–Trinajstić information content (AvgIpc) is 3.38. The van der Waals surface area contributed by atoms with Gasteiger partial charge in [0.1, 0.15) is 0 Å². The first-order valence-electron chi connectivity index (χ1n) is 9.74. The number of likely N-dealkylation sites (tertiary alicyclic amines) is 1. The van der Waals surface area contributed by atoms with E-state index in [4.69, 9.17) is 16.6 Å². The molecule has 3 heterocycles. The number of carbonyl (C=O) groups is 1. The van der Waals surface area contributed by atoms with E-state index in [1.54, 1.807) is 17.5 Å². The molecule has 0 saturated carbocycles. The second-order valence-corrected chi connectivity index (χ2v) is 8.67. The van der Waals surface area contributed by atoms with E-state index in [1.807, 2.05) is 47.5 Å². The largest absolute Gasteiger partial charge is 0.342 e. The van der Waals surface area contributed by atoms with Crippen molar-refractivity contribution in [2.24, 2.45) is 0 Å². The summed E-state index contributed by atoms with van der Waals surface area (Å²) in [5.41, 5.74) is 4.09. The van der Waals surface area contributed by atoms with Gasteiger partial charge in [0.15, 0.2) is 5.13 Å². The first-order chi connectivity index (χ1) is 14.1. The maximum absolute atomic E-state index is 12.7. The number of amides is 1. The first-order valence-corrected chi connectivity index (χ1v) is 11.0. The van der Waals surface area contributed by atoms with E-state index in [0.717, 1.165) is 47.3 Å². The zero-order chi connectivity index (χ0) is 20.2. The Kier molecular flexibility index (Phi) is 6.11. The lowest BCUT2D eigenvalue weighted by molar-refractivity contribution is -0.130. The van der Waals surface area contributed by atoms with Crippen molar-refractivity contribution in [2.75, 3.05) is 18.4 Å². The Morgan fingerprint density at radius 3 is 3.03 bits per heavy atom. The van der Waals surface area contributed by atoms with Gasteiger partial charge < -0.3 is 10.2 Å². The Morgan fingerprint density at radius 1 is 1.34 bits per heavy atom. The van der Waals surface area contributed by atoms with Gasteiger partial charge >= 0.3 is 0 Å². The zero-order valence-corrected chi connectivity index (χ0v) is 17.8. The van der Waals surface area contributed by atoms with Crippen LogP contribution in [0, 0.1) is 6.92 Å². The summed E-state index contributed by atoms with van der Waals surface area (Å²) in [6, 6.07) is 11.8. The van der Waals surface area contributed by atoms with Crippen LogP contribution < -0.4 is 5.32 Å². The smallest absolute Gasteiger partial charge is 0.222 e. The Bertz CT molecular complexity index is 992. The molecule has 0 radical (unpaired) electrons. The predicted octanol–water partition coefficient (Wildman–Crippen LogP) is 5.19. The van der Waals surface area contributed by atoms with E-state index in [9.17, 15) is 4.79 Å². The molecule has 0 bridgehead atoms. The van der Waals surface area contributed by atoms with Gasteiger partial charge in [-0.15, -0.1) is 11.3 Å². The molecule has 0 unspecified atom stereocenters. The highest BCUT2D eigenvalue weighted by Gasteiger charge is 2.28. The summed E-state index contributed by atoms with van der Waals surface area (Å²) in [7, 11) is 0. The third-order valence-corrected chi connectivity index (χ3v) is 6.06. The molecule has 1 aromatic carbocycles. The van der Waals surface area contributed by atoms with Crippen LogP contribution in [-0.2, 0) is 11.2 Å². The molecule has 3 aromatic rings. The van der Waals surface area contributed by atoms with E-state index in [-0.39, 0.29) is 11.8 Å². The molecule has 1 aliphatic heterocycles. The molecule has 7 heteroatoms. The van der Waals surface area contributed by atoms with Crippen LogP contribution in [0.3, 0.4) is 0 Å². The second-order valence-electron chi connectivity index (χ2n) is 7.34. The second kappa shape index (κ2) is 8.93. The predicted molar refractivity (Wildman–Crippen MR) is 118 cm³/mol. The molecule has 1 amide bonds. The van der Waals surface area contributed by atoms with Crippen molar-refractivity contribution >= 4 is 39.7 Å². The van der Waals surface area contributed by atoms with Crippen molar-refractivity contribution < 1.29 is 4.79 Å². The third kappa shape index (κ3) is 5.14. The highest BCUT2D eigenvalue weighted by Crippen LogP contribution is 2.29. The summed E-state index contributed by atoms with van der Waals surface area (Å²) in [6.07, 6.45) is 3.94.